The summed E-state index contributed by atoms with van der Waals surface area (Å²) >= 11 is 0. The molecule has 10 heavy (non-hydrogen) atoms. The lowest BCUT2D eigenvalue weighted by Gasteiger charge is -2.02. The number of piperidine rings is 1. The van der Waals surface area contributed by atoms with Crippen LogP contribution in [0.5, 0.6) is 0 Å². The second kappa shape index (κ2) is 2.29. The zero-order valence-electron chi connectivity index (χ0n) is 5.96. The zero-order valence-corrected chi connectivity index (χ0v) is 6.78. The van der Waals surface area contributed by atoms with Gasteiger partial charge in [0, 0.05) is 12.3 Å². The molecule has 3 nitrogen and oxygen atoms in total. The molecule has 0 aromatic carbocycles. The van der Waals surface area contributed by atoms with Crippen molar-refractivity contribution in [2.75, 3.05) is 19.3 Å². The summed E-state index contributed by atoms with van der Waals surface area (Å²) in [5.74, 6) is 1.53. The Labute approximate surface area is 63.2 Å². The van der Waals surface area contributed by atoms with Gasteiger partial charge in [-0.25, -0.2) is 8.93 Å². The van der Waals surface area contributed by atoms with Gasteiger partial charge in [-0.2, -0.15) is 0 Å². The van der Waals surface area contributed by atoms with Crippen LogP contribution in [0.4, 0.5) is 0 Å². The van der Waals surface area contributed by atoms with Gasteiger partial charge in [-0.15, -0.1) is 0 Å². The molecule has 1 saturated heterocycles. The Kier molecular flexibility index (Phi) is 1.55. The highest BCUT2D eigenvalue weighted by Crippen LogP contribution is 2.41. The first-order valence-corrected chi connectivity index (χ1v) is 5.15. The molecule has 2 rings (SSSR count). The van der Waals surface area contributed by atoms with Crippen LogP contribution in [0.2, 0.25) is 0 Å². The molecule has 2 aliphatic rings. The molecule has 0 aromatic heterocycles. The third-order valence-corrected chi connectivity index (χ3v) is 3.00. The molecule has 0 radical (unpaired) electrons. The summed E-state index contributed by atoms with van der Waals surface area (Å²) in [4.78, 5) is 0. The Hall–Kier alpha value is 0.0700. The van der Waals surface area contributed by atoms with Crippen molar-refractivity contribution in [3.8, 4) is 0 Å². The topological polar surface area (TPSA) is 41.1 Å². The Morgan fingerprint density at radius 2 is 2.10 bits per heavy atom. The van der Waals surface area contributed by atoms with E-state index in [1.54, 1.807) is 6.26 Å². The number of hydrogen-bond acceptors (Lipinski definition) is 2. The minimum absolute atomic E-state index is 0.548. The molecule has 2 N–H and O–H groups in total. The lowest BCUT2D eigenvalue weighted by molar-refractivity contribution is 0.632. The summed E-state index contributed by atoms with van der Waals surface area (Å²) in [6.45, 7) is 2.22. The van der Waals surface area contributed by atoms with E-state index in [2.05, 4.69) is 10.0 Å². The minimum Gasteiger partial charge on any atom is -0.316 e. The predicted octanol–water partition coefficient (Wildman–Crippen LogP) is -0.913. The van der Waals surface area contributed by atoms with Crippen LogP contribution in [0, 0.1) is 11.8 Å². The number of hydrogen-bond donors (Lipinski definition) is 2. The van der Waals surface area contributed by atoms with Gasteiger partial charge in [0.1, 0.15) is 0 Å². The maximum atomic E-state index is 10.7. The summed E-state index contributed by atoms with van der Waals surface area (Å²) in [6, 6.07) is 0.548. The van der Waals surface area contributed by atoms with Crippen molar-refractivity contribution in [1.82, 2.24) is 10.0 Å². The lowest BCUT2D eigenvalue weighted by Crippen LogP contribution is -2.28. The SMILES string of the molecule is CS(=O)NC1C2CNCC21. The molecule has 2 fully saturated rings. The van der Waals surface area contributed by atoms with Gasteiger partial charge in [0.15, 0.2) is 0 Å². The molecular formula is C6H12N2OS. The van der Waals surface area contributed by atoms with E-state index in [9.17, 15) is 4.21 Å². The fraction of sp³-hybridized carbons (Fsp3) is 1.00. The van der Waals surface area contributed by atoms with Crippen LogP contribution in [-0.4, -0.2) is 29.6 Å². The van der Waals surface area contributed by atoms with Crippen LogP contribution in [-0.2, 0) is 11.0 Å². The van der Waals surface area contributed by atoms with Gasteiger partial charge in [-0.1, -0.05) is 0 Å². The van der Waals surface area contributed by atoms with Crippen LogP contribution in [0.15, 0.2) is 0 Å². The second-order valence-electron chi connectivity index (χ2n) is 3.08. The smallest absolute Gasteiger partial charge is 0.0886 e. The first kappa shape index (κ1) is 6.76. The Balaban J connectivity index is 1.84. The molecule has 1 aliphatic carbocycles. The van der Waals surface area contributed by atoms with Gasteiger partial charge in [-0.3, -0.25) is 0 Å². The Morgan fingerprint density at radius 3 is 2.60 bits per heavy atom. The van der Waals surface area contributed by atoms with Crippen molar-refractivity contribution in [2.24, 2.45) is 11.8 Å². The van der Waals surface area contributed by atoms with E-state index in [4.69, 9.17) is 0 Å². The van der Waals surface area contributed by atoms with E-state index < -0.39 is 11.0 Å². The third kappa shape index (κ3) is 1.00. The van der Waals surface area contributed by atoms with Crippen molar-refractivity contribution in [3.63, 3.8) is 0 Å². The summed E-state index contributed by atoms with van der Waals surface area (Å²) in [5, 5.41) is 3.29. The van der Waals surface area contributed by atoms with E-state index in [-0.39, 0.29) is 0 Å². The molecule has 3 atom stereocenters. The van der Waals surface area contributed by atoms with Crippen molar-refractivity contribution in [3.05, 3.63) is 0 Å². The van der Waals surface area contributed by atoms with E-state index in [0.29, 0.717) is 6.04 Å². The van der Waals surface area contributed by atoms with Crippen LogP contribution in [0.1, 0.15) is 0 Å². The third-order valence-electron chi connectivity index (χ3n) is 2.39. The summed E-state index contributed by atoms with van der Waals surface area (Å²) in [6.07, 6.45) is 1.70. The molecule has 0 aromatic rings. The molecule has 0 bridgehead atoms. The highest BCUT2D eigenvalue weighted by Gasteiger charge is 2.53. The molecule has 3 unspecified atom stereocenters. The van der Waals surface area contributed by atoms with Crippen LogP contribution in [0.3, 0.4) is 0 Å². The highest BCUT2D eigenvalue weighted by molar-refractivity contribution is 7.82. The quantitative estimate of drug-likeness (QED) is 0.549. The molecule has 0 amide bonds. The molecule has 1 saturated carbocycles. The van der Waals surface area contributed by atoms with Crippen molar-refractivity contribution in [2.45, 2.75) is 6.04 Å². The van der Waals surface area contributed by atoms with Crippen molar-refractivity contribution < 1.29 is 4.21 Å². The Bertz CT molecular complexity index is 163. The van der Waals surface area contributed by atoms with Crippen molar-refractivity contribution >= 4 is 11.0 Å². The van der Waals surface area contributed by atoms with Gasteiger partial charge in [0.2, 0.25) is 0 Å². The first-order valence-electron chi connectivity index (χ1n) is 3.59. The number of nitrogens with one attached hydrogen (secondary N) is 2. The summed E-state index contributed by atoms with van der Waals surface area (Å²) < 4.78 is 13.8. The molecular weight excluding hydrogens is 148 g/mol. The normalized spacial score (nSPS) is 46.7. The van der Waals surface area contributed by atoms with E-state index in [1.165, 1.54) is 0 Å². The van der Waals surface area contributed by atoms with E-state index in [1.807, 2.05) is 0 Å². The van der Waals surface area contributed by atoms with Gasteiger partial charge < -0.3 is 5.32 Å². The maximum Gasteiger partial charge on any atom is 0.0886 e. The summed E-state index contributed by atoms with van der Waals surface area (Å²) in [7, 11) is -0.820. The fourth-order valence-corrected chi connectivity index (χ4v) is 2.52. The first-order chi connectivity index (χ1) is 4.79. The highest BCUT2D eigenvalue weighted by atomic mass is 32.2. The van der Waals surface area contributed by atoms with Crippen LogP contribution >= 0.6 is 0 Å². The number of rotatable bonds is 2. The molecule has 1 aliphatic heterocycles. The minimum atomic E-state index is -0.820. The van der Waals surface area contributed by atoms with Crippen LogP contribution in [0.25, 0.3) is 0 Å². The summed E-state index contributed by atoms with van der Waals surface area (Å²) in [5.41, 5.74) is 0. The predicted molar refractivity (Wildman–Crippen MR) is 40.8 cm³/mol. The average molecular weight is 160 g/mol. The molecule has 58 valence electrons. The van der Waals surface area contributed by atoms with Gasteiger partial charge in [0.05, 0.1) is 11.0 Å². The van der Waals surface area contributed by atoms with Crippen LogP contribution < -0.4 is 10.0 Å². The van der Waals surface area contributed by atoms with E-state index in [0.717, 1.165) is 24.9 Å². The zero-order chi connectivity index (χ0) is 7.14. The van der Waals surface area contributed by atoms with Crippen molar-refractivity contribution in [1.29, 1.82) is 0 Å². The Morgan fingerprint density at radius 1 is 1.50 bits per heavy atom. The molecule has 4 heteroatoms. The molecule has 0 spiro atoms. The molecule has 1 heterocycles. The van der Waals surface area contributed by atoms with E-state index >= 15 is 0 Å². The lowest BCUT2D eigenvalue weighted by atomic mass is 10.4. The monoisotopic (exact) mass is 160 g/mol. The van der Waals surface area contributed by atoms with Gasteiger partial charge >= 0.3 is 0 Å². The van der Waals surface area contributed by atoms with Gasteiger partial charge in [-0.05, 0) is 24.9 Å². The largest absolute Gasteiger partial charge is 0.316 e. The number of fused-ring (bicyclic) bond motifs is 1. The van der Waals surface area contributed by atoms with Gasteiger partial charge in [0.25, 0.3) is 0 Å². The fourth-order valence-electron chi connectivity index (χ4n) is 1.78. The standard InChI is InChI=1S/C6H12N2OS/c1-10(9)8-6-4-2-7-3-5(4)6/h4-8H,2-3H2,1H3. The maximum absolute atomic E-state index is 10.7. The average Bonchev–Trinajstić information content (AvgIpc) is 2.40. The second-order valence-corrected chi connectivity index (χ2v) is 4.23.